The molecule has 0 aliphatic carbocycles. The third-order valence-electron chi connectivity index (χ3n) is 2.94. The van der Waals surface area contributed by atoms with Crippen molar-refractivity contribution in [3.8, 4) is 0 Å². The average Bonchev–Trinajstić information content (AvgIpc) is 2.13. The monoisotopic (exact) mass is 293 g/mol. The van der Waals surface area contributed by atoms with Crippen molar-refractivity contribution in [2.24, 2.45) is 11.5 Å². The maximum absolute atomic E-state index is 11.8. The molecule has 4 N–H and O–H groups in total. The first-order chi connectivity index (χ1) is 8.11. The topological polar surface area (TPSA) is 98.7 Å². The third-order valence-corrected chi connectivity index (χ3v) is 2.94. The zero-order chi connectivity index (χ0) is 14.0. The minimum Gasteiger partial charge on any atom is -0.444 e. The number of carbonyl (C=O) groups is 2. The largest absolute Gasteiger partial charge is 0.444 e. The minimum atomic E-state index is -0.579. The van der Waals surface area contributed by atoms with Crippen molar-refractivity contribution in [2.75, 3.05) is 13.1 Å². The summed E-state index contributed by atoms with van der Waals surface area (Å²) in [4.78, 5) is 24.4. The fourth-order valence-electron chi connectivity index (χ4n) is 1.98. The molecule has 112 valence electrons. The molecule has 0 aromatic heterocycles. The van der Waals surface area contributed by atoms with Gasteiger partial charge in [0, 0.05) is 25.0 Å². The molecule has 6 nitrogen and oxygen atoms in total. The maximum atomic E-state index is 11.8. The normalized spacial score (nSPS) is 18.4. The van der Waals surface area contributed by atoms with Crippen LogP contribution in [0.1, 0.15) is 40.0 Å². The molecule has 1 aliphatic rings. The summed E-state index contributed by atoms with van der Waals surface area (Å²) in [5, 5.41) is 0. The molecule has 2 amide bonds. The molecule has 0 aromatic carbocycles. The second kappa shape index (κ2) is 6.43. The zero-order valence-electron chi connectivity index (χ0n) is 11.8. The highest BCUT2D eigenvalue weighted by atomic mass is 35.5. The van der Waals surface area contributed by atoms with Crippen LogP contribution in [0.15, 0.2) is 0 Å². The van der Waals surface area contributed by atoms with E-state index in [4.69, 9.17) is 16.2 Å². The SMILES string of the molecule is CC(C)(C)OC(=O)N1CCC(N)(CC(N)=O)CC1.Cl. The summed E-state index contributed by atoms with van der Waals surface area (Å²) in [5.74, 6) is -0.400. The molecule has 0 atom stereocenters. The van der Waals surface area contributed by atoms with Gasteiger partial charge in [-0.05, 0) is 33.6 Å². The lowest BCUT2D eigenvalue weighted by Gasteiger charge is -2.38. The van der Waals surface area contributed by atoms with Crippen molar-refractivity contribution in [3.63, 3.8) is 0 Å². The molecule has 0 unspecified atom stereocenters. The molecule has 1 heterocycles. The van der Waals surface area contributed by atoms with Gasteiger partial charge in [-0.25, -0.2) is 4.79 Å². The molecular weight excluding hydrogens is 270 g/mol. The quantitative estimate of drug-likeness (QED) is 0.794. The Bertz CT molecular complexity index is 334. The lowest BCUT2D eigenvalue weighted by atomic mass is 9.85. The van der Waals surface area contributed by atoms with Gasteiger partial charge in [0.1, 0.15) is 5.60 Å². The maximum Gasteiger partial charge on any atom is 0.410 e. The number of carbonyl (C=O) groups excluding carboxylic acids is 2. The average molecular weight is 294 g/mol. The zero-order valence-corrected chi connectivity index (χ0v) is 12.6. The number of hydrogen-bond acceptors (Lipinski definition) is 4. The Morgan fingerprint density at radius 2 is 1.74 bits per heavy atom. The van der Waals surface area contributed by atoms with E-state index in [1.807, 2.05) is 20.8 Å². The highest BCUT2D eigenvalue weighted by molar-refractivity contribution is 5.85. The number of rotatable bonds is 2. The molecule has 1 fully saturated rings. The van der Waals surface area contributed by atoms with Gasteiger partial charge in [-0.3, -0.25) is 4.79 Å². The van der Waals surface area contributed by atoms with Crippen LogP contribution >= 0.6 is 12.4 Å². The van der Waals surface area contributed by atoms with E-state index in [1.54, 1.807) is 4.90 Å². The molecule has 1 rings (SSSR count). The highest BCUT2D eigenvalue weighted by Gasteiger charge is 2.35. The summed E-state index contributed by atoms with van der Waals surface area (Å²) in [6.45, 7) is 6.48. The van der Waals surface area contributed by atoms with Crippen molar-refractivity contribution in [2.45, 2.75) is 51.2 Å². The van der Waals surface area contributed by atoms with Crippen molar-refractivity contribution in [1.82, 2.24) is 4.90 Å². The number of nitrogens with two attached hydrogens (primary N) is 2. The number of halogens is 1. The van der Waals surface area contributed by atoms with Crippen LogP contribution in [0.4, 0.5) is 4.79 Å². The van der Waals surface area contributed by atoms with Gasteiger partial charge in [0.05, 0.1) is 0 Å². The minimum absolute atomic E-state index is 0. The number of primary amides is 1. The Morgan fingerprint density at radius 3 is 2.11 bits per heavy atom. The Morgan fingerprint density at radius 1 is 1.26 bits per heavy atom. The summed E-state index contributed by atoms with van der Waals surface area (Å²) in [6, 6.07) is 0. The Kier molecular flexibility index (Phi) is 6.09. The van der Waals surface area contributed by atoms with Gasteiger partial charge in [0.2, 0.25) is 5.91 Å². The van der Waals surface area contributed by atoms with Crippen molar-refractivity contribution < 1.29 is 14.3 Å². The predicted molar refractivity (Wildman–Crippen MR) is 75.0 cm³/mol. The van der Waals surface area contributed by atoms with E-state index in [-0.39, 0.29) is 24.9 Å². The van der Waals surface area contributed by atoms with Crippen molar-refractivity contribution in [3.05, 3.63) is 0 Å². The molecule has 0 radical (unpaired) electrons. The van der Waals surface area contributed by atoms with Gasteiger partial charge >= 0.3 is 6.09 Å². The lowest BCUT2D eigenvalue weighted by molar-refractivity contribution is -0.119. The van der Waals surface area contributed by atoms with Gasteiger partial charge < -0.3 is 21.1 Å². The number of nitrogens with zero attached hydrogens (tertiary/aromatic N) is 1. The first-order valence-electron chi connectivity index (χ1n) is 6.16. The van der Waals surface area contributed by atoms with E-state index in [1.165, 1.54) is 0 Å². The molecule has 0 spiro atoms. The summed E-state index contributed by atoms with van der Waals surface area (Å²) in [7, 11) is 0. The van der Waals surface area contributed by atoms with Crippen LogP contribution in [0.25, 0.3) is 0 Å². The fraction of sp³-hybridized carbons (Fsp3) is 0.833. The number of piperidine rings is 1. The third kappa shape index (κ3) is 6.11. The molecular formula is C12H24ClN3O3. The van der Waals surface area contributed by atoms with Crippen LogP contribution in [-0.2, 0) is 9.53 Å². The van der Waals surface area contributed by atoms with Gasteiger partial charge in [-0.2, -0.15) is 0 Å². The molecule has 1 saturated heterocycles. The lowest BCUT2D eigenvalue weighted by Crippen LogP contribution is -2.54. The van der Waals surface area contributed by atoms with Crippen molar-refractivity contribution >= 4 is 24.4 Å². The van der Waals surface area contributed by atoms with Crippen LogP contribution in [0.2, 0.25) is 0 Å². The number of likely N-dealkylation sites (tertiary alicyclic amines) is 1. The van der Waals surface area contributed by atoms with E-state index < -0.39 is 17.0 Å². The van der Waals surface area contributed by atoms with E-state index in [0.717, 1.165) is 0 Å². The molecule has 7 heteroatoms. The van der Waals surface area contributed by atoms with Crippen LogP contribution in [0, 0.1) is 0 Å². The molecule has 0 saturated carbocycles. The predicted octanol–water partition coefficient (Wildman–Crippen LogP) is 1.01. The van der Waals surface area contributed by atoms with Crippen LogP contribution in [0.5, 0.6) is 0 Å². The van der Waals surface area contributed by atoms with Crippen molar-refractivity contribution in [1.29, 1.82) is 0 Å². The molecule has 0 bridgehead atoms. The first-order valence-corrected chi connectivity index (χ1v) is 6.16. The van der Waals surface area contributed by atoms with Crippen LogP contribution in [0.3, 0.4) is 0 Å². The Labute approximate surface area is 120 Å². The van der Waals surface area contributed by atoms with E-state index in [9.17, 15) is 9.59 Å². The van der Waals surface area contributed by atoms with E-state index in [0.29, 0.717) is 25.9 Å². The number of hydrogen-bond donors (Lipinski definition) is 2. The summed E-state index contributed by atoms with van der Waals surface area (Å²) in [6.07, 6.45) is 0.961. The molecule has 1 aliphatic heterocycles. The second-order valence-electron chi connectivity index (χ2n) is 5.97. The fourth-order valence-corrected chi connectivity index (χ4v) is 1.98. The van der Waals surface area contributed by atoms with Crippen LogP contribution in [-0.4, -0.2) is 41.1 Å². The van der Waals surface area contributed by atoms with E-state index in [2.05, 4.69) is 0 Å². The Balaban J connectivity index is 0.00000324. The Hall–Kier alpha value is -1.01. The number of amides is 2. The summed E-state index contributed by atoms with van der Waals surface area (Å²) < 4.78 is 5.28. The molecule has 19 heavy (non-hydrogen) atoms. The number of ether oxygens (including phenoxy) is 1. The van der Waals surface area contributed by atoms with Gasteiger partial charge in [-0.1, -0.05) is 0 Å². The highest BCUT2D eigenvalue weighted by Crippen LogP contribution is 2.24. The summed E-state index contributed by atoms with van der Waals surface area (Å²) in [5.41, 5.74) is 10.2. The van der Waals surface area contributed by atoms with Crippen LogP contribution < -0.4 is 11.5 Å². The second-order valence-corrected chi connectivity index (χ2v) is 5.97. The van der Waals surface area contributed by atoms with Gasteiger partial charge in [0.15, 0.2) is 0 Å². The first kappa shape index (κ1) is 18.0. The van der Waals surface area contributed by atoms with Gasteiger partial charge in [-0.15, -0.1) is 12.4 Å². The summed E-state index contributed by atoms with van der Waals surface area (Å²) >= 11 is 0. The van der Waals surface area contributed by atoms with Gasteiger partial charge in [0.25, 0.3) is 0 Å². The molecule has 0 aromatic rings. The smallest absolute Gasteiger partial charge is 0.410 e. The van der Waals surface area contributed by atoms with E-state index >= 15 is 0 Å². The standard InChI is InChI=1S/C12H23N3O3.ClH/c1-11(2,3)18-10(17)15-6-4-12(14,5-7-15)8-9(13)16;/h4-8,14H2,1-3H3,(H2,13,16);1H.